The summed E-state index contributed by atoms with van der Waals surface area (Å²) in [6.45, 7) is 7.23. The third-order valence-electron chi connectivity index (χ3n) is 8.55. The Hall–Kier alpha value is -4.13. The van der Waals surface area contributed by atoms with Crippen molar-refractivity contribution in [2.24, 2.45) is 29.7 Å². The fraction of sp³-hybridized carbons (Fsp3) is 0.556. The van der Waals surface area contributed by atoms with Crippen molar-refractivity contribution in [3.63, 3.8) is 0 Å². The van der Waals surface area contributed by atoms with Gasteiger partial charge >= 0.3 is 12.1 Å². The standard InChI is InChI=1S/C15H21F3N2O2.C12H9N5O/c1-13(2)8-6-20(7-9(8)13)11(21)10(14(3)4-5-14)19-12(22)15(16,17)18;1-3-9-12-8(10(4-13)15-7-18)5-14-6-11(12)17(2)16-9/h8-10H,4-7H2,1-3H3,(H,19,22);1,5-7,10H,2H3,(H,15,18)/t8-,9+,10?;. The molecule has 2 aromatic rings. The summed E-state index contributed by atoms with van der Waals surface area (Å²) in [4.78, 5) is 40.0. The SMILES string of the molecule is C#Cc1nn(C)c2cncc(C(C#N)NC=O)c12.CC1(C(NC(=O)C(F)(F)F)C(=O)N2C[C@@H]3[C@H](C2)C3(C)C)CC1. The van der Waals surface area contributed by atoms with E-state index in [0.717, 1.165) is 0 Å². The molecule has 3 aliphatic rings. The van der Waals surface area contributed by atoms with E-state index >= 15 is 0 Å². The molecule has 2 saturated carbocycles. The van der Waals surface area contributed by atoms with Gasteiger partial charge in [0.05, 0.1) is 17.8 Å². The molecule has 0 spiro atoms. The van der Waals surface area contributed by atoms with Crippen LogP contribution in [0.5, 0.6) is 0 Å². The number of hydrogen-bond acceptors (Lipinski definition) is 6. The van der Waals surface area contributed by atoms with E-state index in [1.807, 2.05) is 11.4 Å². The highest BCUT2D eigenvalue weighted by atomic mass is 19.4. The molecule has 1 saturated heterocycles. The van der Waals surface area contributed by atoms with Crippen LogP contribution in [0, 0.1) is 46.3 Å². The van der Waals surface area contributed by atoms with Crippen molar-refractivity contribution in [1.29, 1.82) is 5.26 Å². The minimum Gasteiger partial charge on any atom is -0.340 e. The maximum absolute atomic E-state index is 12.6. The molecule has 0 aromatic carbocycles. The summed E-state index contributed by atoms with van der Waals surface area (Å²) < 4.78 is 39.1. The van der Waals surface area contributed by atoms with E-state index in [1.165, 1.54) is 6.20 Å². The Morgan fingerprint density at radius 2 is 1.85 bits per heavy atom. The largest absolute Gasteiger partial charge is 0.471 e. The first-order valence-corrected chi connectivity index (χ1v) is 12.7. The summed E-state index contributed by atoms with van der Waals surface area (Å²) >= 11 is 0. The molecule has 13 heteroatoms. The Labute approximate surface area is 229 Å². The van der Waals surface area contributed by atoms with Crippen LogP contribution in [0.25, 0.3) is 10.9 Å². The topological polar surface area (TPSA) is 133 Å². The monoisotopic (exact) mass is 557 g/mol. The number of pyridine rings is 1. The minimum absolute atomic E-state index is 0.227. The first-order chi connectivity index (χ1) is 18.7. The Kier molecular flexibility index (Phi) is 7.30. The van der Waals surface area contributed by atoms with E-state index in [0.29, 0.717) is 66.3 Å². The first-order valence-electron chi connectivity index (χ1n) is 12.7. The minimum atomic E-state index is -4.96. The number of carbonyl (C=O) groups excluding carboxylic acids is 3. The molecule has 5 rings (SSSR count). The normalized spacial score (nSPS) is 22.9. The quantitative estimate of drug-likeness (QED) is 0.413. The average Bonchev–Trinajstić information content (AvgIpc) is 3.57. The van der Waals surface area contributed by atoms with Gasteiger partial charge in [-0.15, -0.1) is 6.42 Å². The van der Waals surface area contributed by atoms with Crippen LogP contribution in [-0.4, -0.2) is 63.2 Å². The number of aromatic nitrogens is 3. The zero-order valence-electron chi connectivity index (χ0n) is 22.5. The number of amides is 3. The number of rotatable bonds is 6. The maximum atomic E-state index is 12.6. The van der Waals surface area contributed by atoms with Gasteiger partial charge in [-0.25, -0.2) is 0 Å². The molecule has 10 nitrogen and oxygen atoms in total. The van der Waals surface area contributed by atoms with Gasteiger partial charge < -0.3 is 15.5 Å². The van der Waals surface area contributed by atoms with Crippen LogP contribution in [0.15, 0.2) is 12.4 Å². The van der Waals surface area contributed by atoms with Crippen LogP contribution in [0.3, 0.4) is 0 Å². The van der Waals surface area contributed by atoms with Crippen molar-refractivity contribution in [3.05, 3.63) is 23.7 Å². The van der Waals surface area contributed by atoms with E-state index in [1.54, 1.807) is 29.7 Å². The summed E-state index contributed by atoms with van der Waals surface area (Å²) in [7, 11) is 1.74. The van der Waals surface area contributed by atoms with Gasteiger partial charge in [-0.05, 0) is 41.4 Å². The molecule has 3 heterocycles. The molecule has 2 unspecified atom stereocenters. The number of fused-ring (bicyclic) bond motifs is 2. The van der Waals surface area contributed by atoms with Crippen molar-refractivity contribution < 1.29 is 27.6 Å². The Bertz CT molecular complexity index is 1420. The van der Waals surface area contributed by atoms with Gasteiger partial charge in [0, 0.05) is 37.3 Å². The van der Waals surface area contributed by atoms with Crippen molar-refractivity contribution in [2.45, 2.75) is 51.9 Å². The molecule has 0 bridgehead atoms. The van der Waals surface area contributed by atoms with Crippen molar-refractivity contribution in [1.82, 2.24) is 30.3 Å². The summed E-state index contributed by atoms with van der Waals surface area (Å²) in [6.07, 6.45) is 5.35. The number of halogens is 3. The summed E-state index contributed by atoms with van der Waals surface area (Å²) in [6, 6.07) is 0.120. The number of piperidine rings is 1. The number of nitrogens with zero attached hydrogens (tertiary/aromatic N) is 5. The predicted octanol–water partition coefficient (Wildman–Crippen LogP) is 2.21. The van der Waals surface area contributed by atoms with Gasteiger partial charge in [0.25, 0.3) is 0 Å². The highest BCUT2D eigenvalue weighted by Gasteiger charge is 2.64. The van der Waals surface area contributed by atoms with Gasteiger partial charge in [-0.2, -0.15) is 23.5 Å². The van der Waals surface area contributed by atoms with Crippen LogP contribution in [0.2, 0.25) is 0 Å². The molecular weight excluding hydrogens is 527 g/mol. The lowest BCUT2D eigenvalue weighted by Gasteiger charge is -2.30. The summed E-state index contributed by atoms with van der Waals surface area (Å²) in [5.74, 6) is 0.948. The molecule has 40 heavy (non-hydrogen) atoms. The highest BCUT2D eigenvalue weighted by Crippen LogP contribution is 2.62. The molecule has 212 valence electrons. The van der Waals surface area contributed by atoms with Gasteiger partial charge in [-0.1, -0.05) is 20.8 Å². The van der Waals surface area contributed by atoms with Crippen molar-refractivity contribution in [3.8, 4) is 18.4 Å². The number of terminal acetylenes is 1. The third kappa shape index (κ3) is 5.20. The fourth-order valence-electron chi connectivity index (χ4n) is 5.53. The fourth-order valence-corrected chi connectivity index (χ4v) is 5.53. The van der Waals surface area contributed by atoms with Gasteiger partial charge in [0.1, 0.15) is 17.8 Å². The number of nitrogens with one attached hydrogen (secondary N) is 2. The molecule has 2 N–H and O–H groups in total. The lowest BCUT2D eigenvalue weighted by atomic mass is 9.96. The lowest BCUT2D eigenvalue weighted by Crippen LogP contribution is -2.55. The van der Waals surface area contributed by atoms with Gasteiger partial charge in [0.2, 0.25) is 12.3 Å². The second-order valence-corrected chi connectivity index (χ2v) is 11.4. The van der Waals surface area contributed by atoms with Crippen LogP contribution in [-0.2, 0) is 21.4 Å². The Morgan fingerprint density at radius 3 is 2.35 bits per heavy atom. The second-order valence-electron chi connectivity index (χ2n) is 11.4. The number of carbonyl (C=O) groups is 3. The molecule has 4 atom stereocenters. The molecule has 3 fully saturated rings. The highest BCUT2D eigenvalue weighted by molar-refractivity contribution is 5.91. The second kappa shape index (κ2) is 10.1. The van der Waals surface area contributed by atoms with E-state index in [9.17, 15) is 27.6 Å². The average molecular weight is 558 g/mol. The number of nitriles is 1. The summed E-state index contributed by atoms with van der Waals surface area (Å²) in [5, 5.41) is 18.2. The number of aryl methyl sites for hydroxylation is 1. The number of likely N-dealkylation sites (tertiary alicyclic amines) is 1. The van der Waals surface area contributed by atoms with E-state index in [2.05, 4.69) is 35.2 Å². The third-order valence-corrected chi connectivity index (χ3v) is 8.55. The molecular formula is C27H30F3N7O3. The molecule has 0 radical (unpaired) electrons. The predicted molar refractivity (Wildman–Crippen MR) is 137 cm³/mol. The smallest absolute Gasteiger partial charge is 0.340 e. The van der Waals surface area contributed by atoms with Crippen LogP contribution < -0.4 is 10.6 Å². The van der Waals surface area contributed by atoms with Crippen molar-refractivity contribution in [2.75, 3.05) is 13.1 Å². The molecule has 3 amide bonds. The van der Waals surface area contributed by atoms with Crippen LogP contribution in [0.1, 0.15) is 50.9 Å². The lowest BCUT2D eigenvalue weighted by molar-refractivity contribution is -0.175. The zero-order chi connectivity index (χ0) is 29.6. The Morgan fingerprint density at radius 1 is 1.23 bits per heavy atom. The maximum Gasteiger partial charge on any atom is 0.471 e. The molecule has 2 aliphatic carbocycles. The Balaban J connectivity index is 0.000000189. The van der Waals surface area contributed by atoms with E-state index in [-0.39, 0.29) is 11.3 Å². The van der Waals surface area contributed by atoms with Crippen LogP contribution in [0.4, 0.5) is 13.2 Å². The molecule has 2 aromatic heterocycles. The zero-order valence-corrected chi connectivity index (χ0v) is 22.5. The number of alkyl halides is 3. The molecule has 1 aliphatic heterocycles. The van der Waals surface area contributed by atoms with Gasteiger partial charge in [0.15, 0.2) is 0 Å². The van der Waals surface area contributed by atoms with Crippen molar-refractivity contribution >= 4 is 29.1 Å². The van der Waals surface area contributed by atoms with E-state index in [4.69, 9.17) is 11.7 Å². The summed E-state index contributed by atoms with van der Waals surface area (Å²) in [5.41, 5.74) is 1.38. The van der Waals surface area contributed by atoms with E-state index < -0.39 is 29.6 Å². The first kappa shape index (κ1) is 28.9. The van der Waals surface area contributed by atoms with Gasteiger partial charge in [-0.3, -0.25) is 24.0 Å². The number of hydrogen-bond donors (Lipinski definition) is 2. The van der Waals surface area contributed by atoms with Crippen LogP contribution >= 0.6 is 0 Å².